The van der Waals surface area contributed by atoms with Gasteiger partial charge in [0.2, 0.25) is 0 Å². The smallest absolute Gasteiger partial charge is 0.0615 e. The molecule has 0 saturated carbocycles. The summed E-state index contributed by atoms with van der Waals surface area (Å²) in [5.74, 6) is 0. The molecule has 0 fully saturated rings. The number of likely N-dealkylation sites (N-methyl/N-ethyl adjacent to an activating group) is 1. The van der Waals surface area contributed by atoms with Crippen molar-refractivity contribution in [2.75, 3.05) is 33.9 Å². The highest BCUT2D eigenvalue weighted by molar-refractivity contribution is 4.72. The first-order valence-electron chi connectivity index (χ1n) is 5.31. The Balaban J connectivity index is 3.58. The number of methoxy groups -OCH3 is 1. The molecule has 0 rings (SSSR count). The fourth-order valence-corrected chi connectivity index (χ4v) is 1.20. The average Bonchev–Trinajstić information content (AvgIpc) is 2.02. The van der Waals surface area contributed by atoms with Crippen LogP contribution in [0.4, 0.5) is 0 Å². The summed E-state index contributed by atoms with van der Waals surface area (Å²) in [7, 11) is 3.88. The molecule has 0 saturated heterocycles. The molecule has 0 radical (unpaired) electrons. The highest BCUT2D eigenvalue weighted by Crippen LogP contribution is 1.99. The molecule has 0 aromatic carbocycles. The quantitative estimate of drug-likeness (QED) is 0.703. The first-order chi connectivity index (χ1) is 6.37. The van der Waals surface area contributed by atoms with Gasteiger partial charge in [0, 0.05) is 31.8 Å². The zero-order valence-corrected chi connectivity index (χ0v) is 10.6. The molecule has 3 nitrogen and oxygen atoms in total. The Labute approximate surface area is 88.8 Å². The van der Waals surface area contributed by atoms with Crippen LogP contribution in [0.2, 0.25) is 0 Å². The van der Waals surface area contributed by atoms with E-state index in [2.05, 4.69) is 45.0 Å². The van der Waals surface area contributed by atoms with Gasteiger partial charge in [0.25, 0.3) is 0 Å². The highest BCUT2D eigenvalue weighted by Gasteiger charge is 2.11. The molecule has 86 valence electrons. The van der Waals surface area contributed by atoms with Gasteiger partial charge in [-0.1, -0.05) is 0 Å². The lowest BCUT2D eigenvalue weighted by atomic mass is 10.1. The van der Waals surface area contributed by atoms with E-state index in [4.69, 9.17) is 4.74 Å². The van der Waals surface area contributed by atoms with E-state index < -0.39 is 0 Å². The van der Waals surface area contributed by atoms with Crippen LogP contribution in [0.3, 0.4) is 0 Å². The Morgan fingerprint density at radius 1 is 1.36 bits per heavy atom. The van der Waals surface area contributed by atoms with Crippen molar-refractivity contribution < 1.29 is 4.74 Å². The van der Waals surface area contributed by atoms with E-state index in [0.717, 1.165) is 19.7 Å². The first-order valence-corrected chi connectivity index (χ1v) is 5.31. The van der Waals surface area contributed by atoms with Gasteiger partial charge in [-0.25, -0.2) is 0 Å². The topological polar surface area (TPSA) is 24.5 Å². The van der Waals surface area contributed by atoms with Gasteiger partial charge in [-0.05, 0) is 34.7 Å². The Bertz CT molecular complexity index is 143. The zero-order chi connectivity index (χ0) is 11.2. The molecule has 1 unspecified atom stereocenters. The van der Waals surface area contributed by atoms with Crippen LogP contribution in [0.1, 0.15) is 27.7 Å². The lowest BCUT2D eigenvalue weighted by Crippen LogP contribution is -2.43. The van der Waals surface area contributed by atoms with Crippen LogP contribution >= 0.6 is 0 Å². The van der Waals surface area contributed by atoms with Gasteiger partial charge in [0.05, 0.1) is 6.61 Å². The van der Waals surface area contributed by atoms with Gasteiger partial charge in [0.1, 0.15) is 0 Å². The van der Waals surface area contributed by atoms with Crippen molar-refractivity contribution in [3.8, 4) is 0 Å². The van der Waals surface area contributed by atoms with E-state index >= 15 is 0 Å². The molecule has 0 amide bonds. The monoisotopic (exact) mass is 202 g/mol. The third-order valence-corrected chi connectivity index (χ3v) is 2.28. The minimum Gasteiger partial charge on any atom is -0.383 e. The molecule has 0 bridgehead atoms. The van der Waals surface area contributed by atoms with Crippen LogP contribution in [0, 0.1) is 0 Å². The molecule has 0 aliphatic rings. The molecular weight excluding hydrogens is 176 g/mol. The summed E-state index contributed by atoms with van der Waals surface area (Å²) in [6, 6.07) is 0.488. The molecule has 0 aliphatic heterocycles. The van der Waals surface area contributed by atoms with Crippen LogP contribution < -0.4 is 5.32 Å². The number of rotatable bonds is 6. The molecule has 1 atom stereocenters. The minimum absolute atomic E-state index is 0.214. The molecular formula is C11H26N2O. The van der Waals surface area contributed by atoms with Crippen LogP contribution in [0.15, 0.2) is 0 Å². The van der Waals surface area contributed by atoms with Gasteiger partial charge in [-0.3, -0.25) is 0 Å². The molecule has 0 aromatic rings. The standard InChI is InChI=1S/C11H26N2O/c1-10(9-14-6)13(5)8-7-12-11(2,3)4/h10,12H,7-9H2,1-6H3. The maximum Gasteiger partial charge on any atom is 0.0615 e. The summed E-state index contributed by atoms with van der Waals surface area (Å²) in [5, 5.41) is 3.47. The van der Waals surface area contributed by atoms with Gasteiger partial charge < -0.3 is 15.0 Å². The van der Waals surface area contributed by atoms with E-state index in [0.29, 0.717) is 6.04 Å². The van der Waals surface area contributed by atoms with Crippen molar-refractivity contribution >= 4 is 0 Å². The van der Waals surface area contributed by atoms with E-state index in [1.165, 1.54) is 0 Å². The Hall–Kier alpha value is -0.120. The first kappa shape index (κ1) is 13.9. The molecule has 3 heteroatoms. The molecule has 0 spiro atoms. The highest BCUT2D eigenvalue weighted by atomic mass is 16.5. The van der Waals surface area contributed by atoms with Crippen molar-refractivity contribution in [3.05, 3.63) is 0 Å². The molecule has 0 aliphatic carbocycles. The van der Waals surface area contributed by atoms with Gasteiger partial charge in [-0.15, -0.1) is 0 Å². The second-order valence-electron chi connectivity index (χ2n) is 4.96. The predicted octanol–water partition coefficient (Wildman–Crippen LogP) is 1.34. The zero-order valence-electron chi connectivity index (χ0n) is 10.6. The van der Waals surface area contributed by atoms with Crippen molar-refractivity contribution in [1.82, 2.24) is 10.2 Å². The number of hydrogen-bond acceptors (Lipinski definition) is 3. The Morgan fingerprint density at radius 2 is 1.93 bits per heavy atom. The van der Waals surface area contributed by atoms with Crippen LogP contribution in [-0.2, 0) is 4.74 Å². The SMILES string of the molecule is COCC(C)N(C)CCNC(C)(C)C. The number of hydrogen-bond donors (Lipinski definition) is 1. The second kappa shape index (κ2) is 6.38. The predicted molar refractivity (Wildman–Crippen MR) is 61.7 cm³/mol. The minimum atomic E-state index is 0.214. The summed E-state index contributed by atoms with van der Waals surface area (Å²) in [5.41, 5.74) is 0.214. The molecule has 1 N–H and O–H groups in total. The van der Waals surface area contributed by atoms with Crippen molar-refractivity contribution in [3.63, 3.8) is 0 Å². The van der Waals surface area contributed by atoms with E-state index in [9.17, 15) is 0 Å². The fourth-order valence-electron chi connectivity index (χ4n) is 1.20. The number of nitrogens with one attached hydrogen (secondary N) is 1. The fraction of sp³-hybridized carbons (Fsp3) is 1.00. The molecule has 14 heavy (non-hydrogen) atoms. The maximum absolute atomic E-state index is 5.11. The largest absolute Gasteiger partial charge is 0.383 e. The van der Waals surface area contributed by atoms with E-state index in [1.54, 1.807) is 7.11 Å². The molecule has 0 heterocycles. The third kappa shape index (κ3) is 7.30. The lowest BCUT2D eigenvalue weighted by molar-refractivity contribution is 0.115. The normalized spacial score (nSPS) is 14.8. The second-order valence-corrected chi connectivity index (χ2v) is 4.96. The summed E-state index contributed by atoms with van der Waals surface area (Å²) >= 11 is 0. The van der Waals surface area contributed by atoms with Crippen LogP contribution in [0.5, 0.6) is 0 Å². The van der Waals surface area contributed by atoms with Gasteiger partial charge >= 0.3 is 0 Å². The van der Waals surface area contributed by atoms with Gasteiger partial charge in [0.15, 0.2) is 0 Å². The number of nitrogens with zero attached hydrogens (tertiary/aromatic N) is 1. The van der Waals surface area contributed by atoms with Crippen molar-refractivity contribution in [2.24, 2.45) is 0 Å². The van der Waals surface area contributed by atoms with Crippen molar-refractivity contribution in [1.29, 1.82) is 0 Å². The van der Waals surface area contributed by atoms with Crippen LogP contribution in [-0.4, -0.2) is 50.3 Å². The molecule has 0 aromatic heterocycles. The summed E-state index contributed by atoms with van der Waals surface area (Å²) in [4.78, 5) is 2.31. The lowest BCUT2D eigenvalue weighted by Gasteiger charge is -2.27. The number of ether oxygens (including phenoxy) is 1. The Morgan fingerprint density at radius 3 is 2.36 bits per heavy atom. The van der Waals surface area contributed by atoms with Crippen molar-refractivity contribution in [2.45, 2.75) is 39.3 Å². The average molecular weight is 202 g/mol. The summed E-state index contributed by atoms with van der Waals surface area (Å²) in [6.45, 7) is 11.6. The maximum atomic E-state index is 5.11. The third-order valence-electron chi connectivity index (χ3n) is 2.28. The van der Waals surface area contributed by atoms with E-state index in [1.807, 2.05) is 0 Å². The van der Waals surface area contributed by atoms with E-state index in [-0.39, 0.29) is 5.54 Å². The van der Waals surface area contributed by atoms with Crippen LogP contribution in [0.25, 0.3) is 0 Å². The van der Waals surface area contributed by atoms with Gasteiger partial charge in [-0.2, -0.15) is 0 Å². The summed E-state index contributed by atoms with van der Waals surface area (Å²) < 4.78 is 5.11. The Kier molecular flexibility index (Phi) is 6.33. The summed E-state index contributed by atoms with van der Waals surface area (Å²) in [6.07, 6.45) is 0.